The van der Waals surface area contributed by atoms with E-state index in [9.17, 15) is 0 Å². The van der Waals surface area contributed by atoms with E-state index in [4.69, 9.17) is 16.7 Å². The smallest absolute Gasteiger partial charge is 0.191 e. The highest BCUT2D eigenvalue weighted by molar-refractivity contribution is 7.99. The van der Waals surface area contributed by atoms with Gasteiger partial charge in [-0.05, 0) is 0 Å². The van der Waals surface area contributed by atoms with Crippen LogP contribution >= 0.6 is 23.4 Å². The van der Waals surface area contributed by atoms with Crippen molar-refractivity contribution in [3.05, 3.63) is 17.4 Å². The summed E-state index contributed by atoms with van der Waals surface area (Å²) in [4.78, 5) is 0. The fourth-order valence-corrected chi connectivity index (χ4v) is 1.60. The van der Waals surface area contributed by atoms with Crippen molar-refractivity contribution in [1.82, 2.24) is 14.8 Å². The first-order chi connectivity index (χ1) is 6.15. The zero-order valence-corrected chi connectivity index (χ0v) is 8.77. The third-order valence-electron chi connectivity index (χ3n) is 1.42. The molecular formula is C7H10ClN3OS. The van der Waals surface area contributed by atoms with Gasteiger partial charge in [0.25, 0.3) is 0 Å². The minimum Gasteiger partial charge on any atom is -0.388 e. The summed E-state index contributed by atoms with van der Waals surface area (Å²) < 4.78 is 1.73. The lowest BCUT2D eigenvalue weighted by atomic mass is 10.6. The molecular weight excluding hydrogens is 210 g/mol. The number of hydrogen-bond acceptors (Lipinski definition) is 4. The molecule has 1 rings (SSSR count). The molecule has 0 fully saturated rings. The number of aliphatic hydroxyl groups excluding tert-OH is 1. The van der Waals surface area contributed by atoms with Gasteiger partial charge in [0, 0.05) is 17.8 Å². The Kier molecular flexibility index (Phi) is 3.77. The summed E-state index contributed by atoms with van der Waals surface area (Å²) in [6, 6.07) is 0. The van der Waals surface area contributed by atoms with Gasteiger partial charge in [0.05, 0.1) is 0 Å². The van der Waals surface area contributed by atoms with E-state index in [1.165, 1.54) is 11.8 Å². The number of aromatic nitrogens is 3. The van der Waals surface area contributed by atoms with E-state index in [0.717, 1.165) is 5.16 Å². The van der Waals surface area contributed by atoms with Crippen LogP contribution in [-0.4, -0.2) is 25.6 Å². The summed E-state index contributed by atoms with van der Waals surface area (Å²) in [5.41, 5.74) is 0. The number of rotatable bonds is 4. The molecule has 6 heteroatoms. The highest BCUT2D eigenvalue weighted by atomic mass is 35.5. The van der Waals surface area contributed by atoms with E-state index in [1.54, 1.807) is 11.6 Å². The SMILES string of the molecule is C=C(Cl)CSc1nnc(CO)n1C. The Hall–Kier alpha value is -0.520. The van der Waals surface area contributed by atoms with Crippen LogP contribution in [0.5, 0.6) is 0 Å². The van der Waals surface area contributed by atoms with Crippen LogP contribution in [-0.2, 0) is 13.7 Å². The summed E-state index contributed by atoms with van der Waals surface area (Å²) in [6.07, 6.45) is 0. The maximum atomic E-state index is 8.83. The van der Waals surface area contributed by atoms with Crippen LogP contribution in [0, 0.1) is 0 Å². The van der Waals surface area contributed by atoms with Gasteiger partial charge in [-0.3, -0.25) is 0 Å². The van der Waals surface area contributed by atoms with Crippen molar-refractivity contribution < 1.29 is 5.11 Å². The first-order valence-electron chi connectivity index (χ1n) is 3.60. The molecule has 0 saturated heterocycles. The van der Waals surface area contributed by atoms with Crippen LogP contribution < -0.4 is 0 Å². The molecule has 0 aliphatic rings. The highest BCUT2D eigenvalue weighted by Crippen LogP contribution is 2.19. The Morgan fingerprint density at radius 3 is 2.85 bits per heavy atom. The first kappa shape index (κ1) is 10.6. The Labute approximate surface area is 85.6 Å². The molecule has 0 aromatic carbocycles. The average Bonchev–Trinajstić information content (AvgIpc) is 2.43. The van der Waals surface area contributed by atoms with E-state index < -0.39 is 0 Å². The molecule has 0 spiro atoms. The Bertz CT molecular complexity index is 313. The summed E-state index contributed by atoms with van der Waals surface area (Å²) in [5.74, 6) is 1.14. The second-order valence-electron chi connectivity index (χ2n) is 2.42. The number of aliphatic hydroxyl groups is 1. The molecule has 0 saturated carbocycles. The van der Waals surface area contributed by atoms with Crippen LogP contribution in [0.25, 0.3) is 0 Å². The topological polar surface area (TPSA) is 50.9 Å². The van der Waals surface area contributed by atoms with Crippen molar-refractivity contribution >= 4 is 23.4 Å². The molecule has 1 N–H and O–H groups in total. The van der Waals surface area contributed by atoms with E-state index in [1.807, 2.05) is 0 Å². The Morgan fingerprint density at radius 1 is 1.69 bits per heavy atom. The minimum atomic E-state index is -0.105. The summed E-state index contributed by atoms with van der Waals surface area (Å²) in [6.45, 7) is 3.46. The number of thioether (sulfide) groups is 1. The molecule has 1 aromatic heterocycles. The van der Waals surface area contributed by atoms with Crippen LogP contribution in [0.3, 0.4) is 0 Å². The maximum absolute atomic E-state index is 8.83. The molecule has 1 aromatic rings. The predicted octanol–water partition coefficient (Wildman–Crippen LogP) is 1.15. The fraction of sp³-hybridized carbons (Fsp3) is 0.429. The molecule has 0 amide bonds. The third-order valence-corrected chi connectivity index (χ3v) is 2.82. The molecule has 0 radical (unpaired) electrons. The third kappa shape index (κ3) is 2.72. The summed E-state index contributed by atoms with van der Waals surface area (Å²) in [5, 5.41) is 17.8. The van der Waals surface area contributed by atoms with Crippen LogP contribution in [0.15, 0.2) is 16.8 Å². The van der Waals surface area contributed by atoms with Gasteiger partial charge in [0.1, 0.15) is 6.61 Å². The minimum absolute atomic E-state index is 0.105. The van der Waals surface area contributed by atoms with Gasteiger partial charge in [-0.2, -0.15) is 0 Å². The fourth-order valence-electron chi connectivity index (χ4n) is 0.751. The lowest BCUT2D eigenvalue weighted by molar-refractivity contribution is 0.266. The van der Waals surface area contributed by atoms with Crippen molar-refractivity contribution in [3.63, 3.8) is 0 Å². The molecule has 0 aliphatic heterocycles. The van der Waals surface area contributed by atoms with Crippen molar-refractivity contribution in [2.45, 2.75) is 11.8 Å². The largest absolute Gasteiger partial charge is 0.388 e. The quantitative estimate of drug-likeness (QED) is 0.772. The van der Waals surface area contributed by atoms with Crippen molar-refractivity contribution in [2.24, 2.45) is 7.05 Å². The predicted molar refractivity (Wildman–Crippen MR) is 52.6 cm³/mol. The Balaban J connectivity index is 2.67. The van der Waals surface area contributed by atoms with Gasteiger partial charge in [0.15, 0.2) is 11.0 Å². The normalized spacial score (nSPS) is 10.4. The van der Waals surface area contributed by atoms with Crippen molar-refractivity contribution in [2.75, 3.05) is 5.75 Å². The number of nitrogens with zero attached hydrogens (tertiary/aromatic N) is 3. The van der Waals surface area contributed by atoms with Gasteiger partial charge >= 0.3 is 0 Å². The van der Waals surface area contributed by atoms with Crippen molar-refractivity contribution in [3.8, 4) is 0 Å². The maximum Gasteiger partial charge on any atom is 0.191 e. The van der Waals surface area contributed by atoms with Crippen LogP contribution in [0.1, 0.15) is 5.82 Å². The van der Waals surface area contributed by atoms with Gasteiger partial charge in [-0.1, -0.05) is 29.9 Å². The average molecular weight is 220 g/mol. The molecule has 0 aliphatic carbocycles. The molecule has 4 nitrogen and oxygen atoms in total. The van der Waals surface area contributed by atoms with E-state index in [-0.39, 0.29) is 6.61 Å². The second-order valence-corrected chi connectivity index (χ2v) is 3.90. The molecule has 0 bridgehead atoms. The van der Waals surface area contributed by atoms with Crippen molar-refractivity contribution in [1.29, 1.82) is 0 Å². The summed E-state index contributed by atoms with van der Waals surface area (Å²) >= 11 is 7.04. The molecule has 13 heavy (non-hydrogen) atoms. The first-order valence-corrected chi connectivity index (χ1v) is 4.96. The second kappa shape index (κ2) is 4.64. The van der Waals surface area contributed by atoms with E-state index >= 15 is 0 Å². The standard InChI is InChI=1S/C7H10ClN3OS/c1-5(8)4-13-7-10-9-6(3-12)11(7)2/h12H,1,3-4H2,2H3. The van der Waals surface area contributed by atoms with Crippen LogP contribution in [0.2, 0.25) is 0 Å². The number of halogens is 1. The zero-order chi connectivity index (χ0) is 9.84. The summed E-state index contributed by atoms with van der Waals surface area (Å²) in [7, 11) is 1.80. The molecule has 72 valence electrons. The molecule has 0 unspecified atom stereocenters. The van der Waals surface area contributed by atoms with Gasteiger partial charge in [-0.15, -0.1) is 10.2 Å². The van der Waals surface area contributed by atoms with E-state index in [0.29, 0.717) is 16.6 Å². The van der Waals surface area contributed by atoms with Gasteiger partial charge in [-0.25, -0.2) is 0 Å². The number of hydrogen-bond donors (Lipinski definition) is 1. The monoisotopic (exact) mass is 219 g/mol. The van der Waals surface area contributed by atoms with Gasteiger partial charge in [0.2, 0.25) is 0 Å². The Morgan fingerprint density at radius 2 is 2.38 bits per heavy atom. The molecule has 1 heterocycles. The van der Waals surface area contributed by atoms with E-state index in [2.05, 4.69) is 16.8 Å². The molecule has 0 atom stereocenters. The lowest BCUT2D eigenvalue weighted by Gasteiger charge is -2.00. The van der Waals surface area contributed by atoms with Gasteiger partial charge < -0.3 is 9.67 Å². The highest BCUT2D eigenvalue weighted by Gasteiger charge is 2.07. The lowest BCUT2D eigenvalue weighted by Crippen LogP contribution is -1.98. The zero-order valence-electron chi connectivity index (χ0n) is 7.20. The van der Waals surface area contributed by atoms with Crippen LogP contribution in [0.4, 0.5) is 0 Å².